The van der Waals surface area contributed by atoms with Crippen LogP contribution in [0.5, 0.6) is 11.5 Å². The van der Waals surface area contributed by atoms with Crippen molar-refractivity contribution in [2.24, 2.45) is 22.9 Å². The second kappa shape index (κ2) is 25.2. The van der Waals surface area contributed by atoms with Gasteiger partial charge in [0, 0.05) is 54.7 Å². The first kappa shape index (κ1) is 48.1. The van der Waals surface area contributed by atoms with Gasteiger partial charge in [-0.15, -0.1) is 29.9 Å². The number of amides is 1. The average molecular weight is 902 g/mol. The fourth-order valence-corrected chi connectivity index (χ4v) is 10.2. The van der Waals surface area contributed by atoms with Crippen molar-refractivity contribution in [3.63, 3.8) is 0 Å². The molecule has 1 unspecified atom stereocenters. The first-order valence-corrected chi connectivity index (χ1v) is 23.8. The summed E-state index contributed by atoms with van der Waals surface area (Å²) in [5, 5.41) is 34.3. The predicted molar refractivity (Wildman–Crippen MR) is 239 cm³/mol. The molecule has 0 spiro atoms. The van der Waals surface area contributed by atoms with E-state index in [0.29, 0.717) is 49.7 Å². The quantitative estimate of drug-likeness (QED) is 0.0278. The zero-order valence-corrected chi connectivity index (χ0v) is 37.4. The second-order valence-electron chi connectivity index (χ2n) is 16.0. The van der Waals surface area contributed by atoms with E-state index >= 15 is 0 Å². The summed E-state index contributed by atoms with van der Waals surface area (Å²) in [6.45, 7) is 5.50. The summed E-state index contributed by atoms with van der Waals surface area (Å²) in [7, 11) is 0. The molecule has 0 radical (unpaired) electrons. The van der Waals surface area contributed by atoms with Crippen molar-refractivity contribution in [2.75, 3.05) is 77.6 Å². The molecular formula is C47H65ClN2O11S. The van der Waals surface area contributed by atoms with E-state index in [9.17, 15) is 20.1 Å². The van der Waals surface area contributed by atoms with Gasteiger partial charge in [0.05, 0.1) is 57.2 Å². The molecule has 4 aliphatic rings. The molecule has 3 N–H and O–H groups in total. The minimum atomic E-state index is -1.48. The predicted octanol–water partition coefficient (Wildman–Crippen LogP) is 7.70. The molecule has 13 nitrogen and oxygen atoms in total. The third-order valence-electron chi connectivity index (χ3n) is 12.1. The molecule has 342 valence electrons. The highest BCUT2D eigenvalue weighted by Crippen LogP contribution is 2.62. The number of benzene rings is 2. The van der Waals surface area contributed by atoms with Gasteiger partial charge >= 0.3 is 6.09 Å². The molecule has 2 fully saturated rings. The molecule has 2 aromatic rings. The summed E-state index contributed by atoms with van der Waals surface area (Å²) >= 11 is 7.79. The number of hydrogen-bond donors (Lipinski definition) is 3. The number of alkyl halides is 1. The number of nitrogens with zero attached hydrogens (tertiary/aromatic N) is 2. The number of halogens is 1. The Kier molecular flexibility index (Phi) is 19.6. The van der Waals surface area contributed by atoms with Gasteiger partial charge in [-0.3, -0.25) is 4.90 Å². The molecule has 62 heavy (non-hydrogen) atoms. The summed E-state index contributed by atoms with van der Waals surface area (Å²) in [5.74, 6) is 0.0895. The van der Waals surface area contributed by atoms with Gasteiger partial charge < -0.3 is 48.6 Å². The third kappa shape index (κ3) is 12.3. The van der Waals surface area contributed by atoms with Gasteiger partial charge in [0.1, 0.15) is 24.1 Å². The largest absolute Gasteiger partial charge is 0.493 e. The lowest BCUT2D eigenvalue weighted by Gasteiger charge is -2.59. The highest BCUT2D eigenvalue weighted by molar-refractivity contribution is 7.99. The molecule has 2 aromatic carbocycles. The smallest absolute Gasteiger partial charge is 0.410 e. The Hall–Kier alpha value is -3.34. The van der Waals surface area contributed by atoms with Gasteiger partial charge in [-0.05, 0) is 86.3 Å². The molecule has 1 saturated carbocycles. The van der Waals surface area contributed by atoms with Crippen molar-refractivity contribution >= 4 is 35.2 Å². The van der Waals surface area contributed by atoms with Crippen LogP contribution >= 0.6 is 23.4 Å². The number of fused-ring (bicyclic) bond motifs is 2. The lowest BCUT2D eigenvalue weighted by Crippen LogP contribution is -2.70. The number of carbonyl (C=O) groups is 1. The number of unbranched alkanes of at least 4 members (excludes halogenated alkanes) is 2. The monoisotopic (exact) mass is 900 g/mol. The van der Waals surface area contributed by atoms with Gasteiger partial charge in [0.25, 0.3) is 0 Å². The van der Waals surface area contributed by atoms with Crippen molar-refractivity contribution in [2.45, 2.75) is 93.1 Å². The minimum Gasteiger partial charge on any atom is -0.493 e. The number of oxime groups is 1. The van der Waals surface area contributed by atoms with E-state index in [1.807, 2.05) is 30.3 Å². The van der Waals surface area contributed by atoms with Crippen LogP contribution in [0.2, 0.25) is 0 Å². The maximum atomic E-state index is 14.3. The number of allylic oxidation sites excluding steroid dienone is 1. The molecular weight excluding hydrogens is 836 g/mol. The molecule has 0 bridgehead atoms. The lowest BCUT2D eigenvalue weighted by molar-refractivity contribution is -0.256. The van der Waals surface area contributed by atoms with Gasteiger partial charge in [0.15, 0.2) is 0 Å². The van der Waals surface area contributed by atoms with E-state index in [0.717, 1.165) is 55.4 Å². The van der Waals surface area contributed by atoms with Crippen LogP contribution in [0.1, 0.15) is 75.7 Å². The van der Waals surface area contributed by atoms with Crippen LogP contribution in [0, 0.1) is 17.8 Å². The van der Waals surface area contributed by atoms with Crippen molar-refractivity contribution < 1.29 is 53.4 Å². The van der Waals surface area contributed by atoms with Gasteiger partial charge in [-0.2, -0.15) is 0 Å². The van der Waals surface area contributed by atoms with Gasteiger partial charge in [-0.1, -0.05) is 48.3 Å². The van der Waals surface area contributed by atoms with E-state index in [-0.39, 0.29) is 82.8 Å². The molecule has 7 atom stereocenters. The molecule has 2 aliphatic carbocycles. The first-order chi connectivity index (χ1) is 30.5. The van der Waals surface area contributed by atoms with Crippen molar-refractivity contribution in [1.29, 1.82) is 0 Å². The molecule has 2 heterocycles. The zero-order valence-electron chi connectivity index (χ0n) is 35.8. The van der Waals surface area contributed by atoms with Crippen LogP contribution in [0.15, 0.2) is 82.9 Å². The molecule has 1 amide bonds. The highest BCUT2D eigenvalue weighted by Gasteiger charge is 2.65. The fourth-order valence-electron chi connectivity index (χ4n) is 9.40. The van der Waals surface area contributed by atoms with Crippen molar-refractivity contribution in [1.82, 2.24) is 4.90 Å². The highest BCUT2D eigenvalue weighted by atomic mass is 35.5. The van der Waals surface area contributed by atoms with Gasteiger partial charge in [-0.25, -0.2) is 4.79 Å². The standard InChI is InChI=1S/C47H65ClN2O11S/c1-2-24-59-47-42(50(20-27-55-28-23-53)46(54)58-26-19-48)33-40(49-61-43-16-8-11-25-57-43)38-31-34(12-6-9-21-51)37(15-7-10-22-52)44(45(38)47)39-32-35(17-18-41(39)60-47)56-29-30-62-36-13-4-3-5-14-36/h2-5,13-14,17-18,31-32,34,37,42-45,51-53H,1,6-12,15-16,19-30,33H2/t34-,37+,42-,43?,44+,45+,47+/m0/s1. The summed E-state index contributed by atoms with van der Waals surface area (Å²) in [5.41, 5.74) is 2.54. The van der Waals surface area contributed by atoms with Crippen LogP contribution in [0.25, 0.3) is 0 Å². The topological polar surface area (TPSA) is 158 Å². The average Bonchev–Trinajstić information content (AvgIpc) is 3.30. The summed E-state index contributed by atoms with van der Waals surface area (Å²) in [6.07, 6.45) is 10.2. The molecule has 2 aliphatic heterocycles. The first-order valence-electron chi connectivity index (χ1n) is 22.3. The number of thioether (sulfide) groups is 1. The Morgan fingerprint density at radius 2 is 1.82 bits per heavy atom. The zero-order chi connectivity index (χ0) is 43.6. The summed E-state index contributed by atoms with van der Waals surface area (Å²) in [6, 6.07) is 15.4. The van der Waals surface area contributed by atoms with Gasteiger partial charge in [0.2, 0.25) is 12.1 Å². The van der Waals surface area contributed by atoms with E-state index in [4.69, 9.17) is 50.0 Å². The Morgan fingerprint density at radius 1 is 1.00 bits per heavy atom. The van der Waals surface area contributed by atoms with Crippen LogP contribution in [-0.2, 0) is 23.8 Å². The van der Waals surface area contributed by atoms with E-state index in [1.165, 1.54) is 4.90 Å². The second-order valence-corrected chi connectivity index (χ2v) is 17.6. The number of ether oxygens (including phenoxy) is 6. The molecule has 0 aromatic heterocycles. The van der Waals surface area contributed by atoms with E-state index < -0.39 is 30.1 Å². The normalized spacial score (nSPS) is 25.8. The van der Waals surface area contributed by atoms with Crippen LogP contribution in [0.3, 0.4) is 0 Å². The van der Waals surface area contributed by atoms with Crippen LogP contribution in [0.4, 0.5) is 4.79 Å². The Bertz CT molecular complexity index is 1750. The SMILES string of the molecule is C=CCO[C@@]12Oc3ccc(OCCSc4ccccc4)cc3[C@H]3[C@H](CCCCO)[C@@H](CCCCO)C=C(C(=NOC4CCCCO4)C[C@@H]1N(CCOCCO)C(=O)OCCCl)[C@H]32. The summed E-state index contributed by atoms with van der Waals surface area (Å²) in [4.78, 5) is 23.3. The Morgan fingerprint density at radius 3 is 2.56 bits per heavy atom. The van der Waals surface area contributed by atoms with Crippen LogP contribution in [-0.4, -0.2) is 128 Å². The molecule has 6 rings (SSSR count). The van der Waals surface area contributed by atoms with Crippen molar-refractivity contribution in [3.8, 4) is 11.5 Å². The molecule has 1 saturated heterocycles. The maximum Gasteiger partial charge on any atom is 0.410 e. The van der Waals surface area contributed by atoms with E-state index in [1.54, 1.807) is 22.7 Å². The third-order valence-corrected chi connectivity index (χ3v) is 13.2. The minimum absolute atomic E-state index is 0.0132. The van der Waals surface area contributed by atoms with Crippen LogP contribution < -0.4 is 9.47 Å². The maximum absolute atomic E-state index is 14.3. The van der Waals surface area contributed by atoms with Crippen molar-refractivity contribution in [3.05, 3.63) is 78.4 Å². The van der Waals surface area contributed by atoms with E-state index in [2.05, 4.69) is 30.9 Å². The summed E-state index contributed by atoms with van der Waals surface area (Å²) < 4.78 is 38.2. The Balaban J connectivity index is 1.50. The number of hydrogen-bond acceptors (Lipinski definition) is 13. The fraction of sp³-hybridized carbons (Fsp3) is 0.617. The number of carbonyl (C=O) groups excluding carboxylic acids is 1. The Labute approximate surface area is 375 Å². The number of rotatable bonds is 26. The number of aliphatic hydroxyl groups excluding tert-OH is 3. The lowest BCUT2D eigenvalue weighted by atomic mass is 9.55. The molecule has 15 heteroatoms. The number of aliphatic hydroxyl groups is 3.